The Bertz CT molecular complexity index is 1140. The predicted molar refractivity (Wildman–Crippen MR) is 113 cm³/mol. The highest BCUT2D eigenvalue weighted by atomic mass is 32.1. The lowest BCUT2D eigenvalue weighted by Gasteiger charge is -2.09. The van der Waals surface area contributed by atoms with Crippen LogP contribution in [0.5, 0.6) is 0 Å². The predicted octanol–water partition coefficient (Wildman–Crippen LogP) is 4.37. The van der Waals surface area contributed by atoms with Crippen LogP contribution in [-0.2, 0) is 6.54 Å². The standard InChI is InChI=1S/C23H17N3O2S/c27-21(16-7-2-1-3-8-16)19-10-4-5-11-20(19)22(28)25-14-18-15-29-23(26-18)17-9-6-12-24-13-17/h1-13,15H,14H2,(H,25,28). The first kappa shape index (κ1) is 18.7. The molecule has 0 bridgehead atoms. The van der Waals surface area contributed by atoms with E-state index in [1.165, 1.54) is 11.3 Å². The van der Waals surface area contributed by atoms with Crippen LogP contribution in [0.25, 0.3) is 10.6 Å². The first-order valence-electron chi connectivity index (χ1n) is 9.04. The molecule has 0 aliphatic carbocycles. The van der Waals surface area contributed by atoms with E-state index >= 15 is 0 Å². The Morgan fingerprint density at radius 3 is 2.41 bits per heavy atom. The smallest absolute Gasteiger partial charge is 0.252 e. The van der Waals surface area contributed by atoms with E-state index < -0.39 is 0 Å². The molecule has 142 valence electrons. The van der Waals surface area contributed by atoms with Crippen molar-refractivity contribution in [1.29, 1.82) is 0 Å². The quantitative estimate of drug-likeness (QED) is 0.489. The van der Waals surface area contributed by atoms with Crippen molar-refractivity contribution >= 4 is 23.0 Å². The molecule has 0 spiro atoms. The van der Waals surface area contributed by atoms with Gasteiger partial charge >= 0.3 is 0 Å². The molecule has 6 heteroatoms. The summed E-state index contributed by atoms with van der Waals surface area (Å²) in [6, 6.07) is 19.6. The number of aromatic nitrogens is 2. The van der Waals surface area contributed by atoms with E-state index in [4.69, 9.17) is 0 Å². The second-order valence-electron chi connectivity index (χ2n) is 6.31. The van der Waals surface area contributed by atoms with Crippen molar-refractivity contribution in [3.8, 4) is 10.6 Å². The monoisotopic (exact) mass is 399 g/mol. The third-order valence-corrected chi connectivity index (χ3v) is 5.28. The number of carbonyl (C=O) groups is 2. The first-order valence-corrected chi connectivity index (χ1v) is 9.92. The van der Waals surface area contributed by atoms with Gasteiger partial charge < -0.3 is 5.32 Å². The summed E-state index contributed by atoms with van der Waals surface area (Å²) in [5.41, 5.74) is 2.98. The van der Waals surface area contributed by atoms with Gasteiger partial charge in [0.2, 0.25) is 0 Å². The fraction of sp³-hybridized carbons (Fsp3) is 0.0435. The number of pyridine rings is 1. The number of thiazole rings is 1. The summed E-state index contributed by atoms with van der Waals surface area (Å²) >= 11 is 1.50. The number of amides is 1. The molecule has 0 aliphatic rings. The highest BCUT2D eigenvalue weighted by molar-refractivity contribution is 7.13. The van der Waals surface area contributed by atoms with Crippen molar-refractivity contribution in [2.45, 2.75) is 6.54 Å². The maximum Gasteiger partial charge on any atom is 0.252 e. The van der Waals surface area contributed by atoms with E-state index in [9.17, 15) is 9.59 Å². The van der Waals surface area contributed by atoms with Crippen LogP contribution in [0.4, 0.5) is 0 Å². The van der Waals surface area contributed by atoms with Crippen LogP contribution in [0.2, 0.25) is 0 Å². The summed E-state index contributed by atoms with van der Waals surface area (Å²) in [6.07, 6.45) is 3.47. The Labute approximate surface area is 172 Å². The average molecular weight is 399 g/mol. The third kappa shape index (κ3) is 4.28. The summed E-state index contributed by atoms with van der Waals surface area (Å²) in [4.78, 5) is 34.2. The van der Waals surface area contributed by atoms with Crippen molar-refractivity contribution < 1.29 is 9.59 Å². The average Bonchev–Trinajstić information content (AvgIpc) is 3.27. The second-order valence-corrected chi connectivity index (χ2v) is 7.17. The molecule has 0 saturated carbocycles. The van der Waals surface area contributed by atoms with Crippen molar-refractivity contribution in [2.75, 3.05) is 0 Å². The number of rotatable bonds is 6. The number of carbonyl (C=O) groups excluding carboxylic acids is 2. The van der Waals surface area contributed by atoms with E-state index in [1.54, 1.807) is 60.9 Å². The minimum atomic E-state index is -0.305. The van der Waals surface area contributed by atoms with Crippen molar-refractivity contribution in [1.82, 2.24) is 15.3 Å². The van der Waals surface area contributed by atoms with Gasteiger partial charge in [0.25, 0.3) is 5.91 Å². The molecule has 2 aromatic heterocycles. The fourth-order valence-electron chi connectivity index (χ4n) is 2.90. The third-order valence-electron chi connectivity index (χ3n) is 4.34. The van der Waals surface area contributed by atoms with Crippen LogP contribution >= 0.6 is 11.3 Å². The molecule has 0 atom stereocenters. The van der Waals surface area contributed by atoms with Crippen molar-refractivity contribution in [3.05, 3.63) is 107 Å². The molecule has 29 heavy (non-hydrogen) atoms. The molecule has 5 nitrogen and oxygen atoms in total. The van der Waals surface area contributed by atoms with E-state index in [0.717, 1.165) is 16.3 Å². The first-order chi connectivity index (χ1) is 14.2. The molecule has 0 aliphatic heterocycles. The Balaban J connectivity index is 1.49. The van der Waals surface area contributed by atoms with Gasteiger partial charge in [-0.25, -0.2) is 4.98 Å². The molecule has 2 heterocycles. The van der Waals surface area contributed by atoms with Gasteiger partial charge in [-0.3, -0.25) is 14.6 Å². The Morgan fingerprint density at radius 1 is 0.897 bits per heavy atom. The van der Waals surface area contributed by atoms with Crippen molar-refractivity contribution in [3.63, 3.8) is 0 Å². The molecule has 0 radical (unpaired) electrons. The molecule has 0 saturated heterocycles. The lowest BCUT2D eigenvalue weighted by Crippen LogP contribution is -2.25. The van der Waals surface area contributed by atoms with Crippen LogP contribution < -0.4 is 5.32 Å². The maximum atomic E-state index is 12.8. The molecular weight excluding hydrogens is 382 g/mol. The molecule has 0 fully saturated rings. The number of hydrogen-bond donors (Lipinski definition) is 1. The van der Waals surface area contributed by atoms with Gasteiger partial charge in [-0.2, -0.15) is 0 Å². The van der Waals surface area contributed by atoms with Gasteiger partial charge in [-0.15, -0.1) is 11.3 Å². The van der Waals surface area contributed by atoms with E-state index in [1.807, 2.05) is 23.6 Å². The second kappa shape index (κ2) is 8.58. The van der Waals surface area contributed by atoms with Crippen LogP contribution in [0.15, 0.2) is 84.5 Å². The SMILES string of the molecule is O=C(NCc1csc(-c2cccnc2)n1)c1ccccc1C(=O)c1ccccc1. The zero-order chi connectivity index (χ0) is 20.1. The van der Waals surface area contributed by atoms with Gasteiger partial charge in [0.15, 0.2) is 5.78 Å². The molecule has 4 aromatic rings. The normalized spacial score (nSPS) is 10.5. The molecule has 0 unspecified atom stereocenters. The lowest BCUT2D eigenvalue weighted by molar-refractivity contribution is 0.0939. The lowest BCUT2D eigenvalue weighted by atomic mass is 9.98. The van der Waals surface area contributed by atoms with Crippen LogP contribution in [0, 0.1) is 0 Å². The zero-order valence-corrected chi connectivity index (χ0v) is 16.2. The molecule has 1 amide bonds. The van der Waals surface area contributed by atoms with Gasteiger partial charge in [0.05, 0.1) is 17.8 Å². The minimum absolute atomic E-state index is 0.177. The number of nitrogens with zero attached hydrogens (tertiary/aromatic N) is 2. The summed E-state index contributed by atoms with van der Waals surface area (Å²) in [7, 11) is 0. The highest BCUT2D eigenvalue weighted by Crippen LogP contribution is 2.22. The zero-order valence-electron chi connectivity index (χ0n) is 15.4. The molecule has 2 aromatic carbocycles. The summed E-state index contributed by atoms with van der Waals surface area (Å²) in [5, 5.41) is 5.62. The van der Waals surface area contributed by atoms with E-state index in [2.05, 4.69) is 15.3 Å². The maximum absolute atomic E-state index is 12.8. The van der Waals surface area contributed by atoms with Crippen LogP contribution in [0.3, 0.4) is 0 Å². The minimum Gasteiger partial charge on any atom is -0.346 e. The Hall–Kier alpha value is -3.64. The highest BCUT2D eigenvalue weighted by Gasteiger charge is 2.18. The summed E-state index contributed by atoms with van der Waals surface area (Å²) in [6.45, 7) is 0.281. The van der Waals surface area contributed by atoms with Gasteiger partial charge in [-0.05, 0) is 18.2 Å². The van der Waals surface area contributed by atoms with Crippen LogP contribution in [0.1, 0.15) is 32.0 Å². The summed E-state index contributed by atoms with van der Waals surface area (Å²) in [5.74, 6) is -0.482. The molecule has 1 N–H and O–H groups in total. The van der Waals surface area contributed by atoms with Gasteiger partial charge in [0, 0.05) is 34.5 Å². The topological polar surface area (TPSA) is 72.0 Å². The molecular formula is C23H17N3O2S. The number of ketones is 1. The number of benzene rings is 2. The van der Waals surface area contributed by atoms with Gasteiger partial charge in [0.1, 0.15) is 5.01 Å². The van der Waals surface area contributed by atoms with E-state index in [0.29, 0.717) is 16.7 Å². The molecule has 4 rings (SSSR count). The van der Waals surface area contributed by atoms with Crippen molar-refractivity contribution in [2.24, 2.45) is 0 Å². The Morgan fingerprint density at radius 2 is 1.66 bits per heavy atom. The largest absolute Gasteiger partial charge is 0.346 e. The van der Waals surface area contributed by atoms with Crippen LogP contribution in [-0.4, -0.2) is 21.7 Å². The Kier molecular flexibility index (Phi) is 5.54. The fourth-order valence-corrected chi connectivity index (χ4v) is 3.71. The number of nitrogens with one attached hydrogen (secondary N) is 1. The van der Waals surface area contributed by atoms with Gasteiger partial charge in [-0.1, -0.05) is 48.5 Å². The summed E-state index contributed by atoms with van der Waals surface area (Å²) < 4.78 is 0. The number of hydrogen-bond acceptors (Lipinski definition) is 5. The van der Waals surface area contributed by atoms with E-state index in [-0.39, 0.29) is 18.2 Å².